The third kappa shape index (κ3) is 11.6. The van der Waals surface area contributed by atoms with Crippen LogP contribution in [0.15, 0.2) is 73.2 Å². The average molecular weight is 805 g/mol. The van der Waals surface area contributed by atoms with Gasteiger partial charge in [0.2, 0.25) is 11.7 Å². The van der Waals surface area contributed by atoms with Gasteiger partial charge in [-0.2, -0.15) is 0 Å². The van der Waals surface area contributed by atoms with E-state index in [-0.39, 0.29) is 67.2 Å². The number of Topliss-reactive ketones (excluding diaryl/α,β-unsaturated/α-hetero) is 4. The molecule has 11 heteroatoms. The van der Waals surface area contributed by atoms with Crippen LogP contribution in [-0.2, 0) is 24.0 Å². The summed E-state index contributed by atoms with van der Waals surface area (Å²) in [4.78, 5) is 93.4. The van der Waals surface area contributed by atoms with E-state index in [2.05, 4.69) is 15.3 Å². The quantitative estimate of drug-likeness (QED) is 0.120. The fourth-order valence-electron chi connectivity index (χ4n) is 8.80. The molecule has 0 spiro atoms. The van der Waals surface area contributed by atoms with Crippen LogP contribution in [0.3, 0.4) is 0 Å². The molecule has 59 heavy (non-hydrogen) atoms. The summed E-state index contributed by atoms with van der Waals surface area (Å²) in [7, 11) is 0. The van der Waals surface area contributed by atoms with Crippen molar-refractivity contribution >= 4 is 34.9 Å². The average Bonchev–Trinajstić information content (AvgIpc) is 3.96. The van der Waals surface area contributed by atoms with Crippen LogP contribution < -0.4 is 10.1 Å². The van der Waals surface area contributed by atoms with E-state index in [1.165, 1.54) is 18.6 Å². The van der Waals surface area contributed by atoms with Crippen molar-refractivity contribution in [2.75, 3.05) is 6.54 Å². The summed E-state index contributed by atoms with van der Waals surface area (Å²) in [5.41, 5.74) is 1.50. The van der Waals surface area contributed by atoms with Crippen molar-refractivity contribution in [2.24, 2.45) is 29.1 Å². The van der Waals surface area contributed by atoms with Crippen LogP contribution in [0.4, 0.5) is 0 Å². The summed E-state index contributed by atoms with van der Waals surface area (Å²) in [5.74, 6) is -3.10. The smallest absolute Gasteiger partial charge is 0.272 e. The molecule has 0 unspecified atom stereocenters. The lowest BCUT2D eigenvalue weighted by molar-refractivity contribution is -0.147. The Kier molecular flexibility index (Phi) is 14.6. The molecule has 1 aliphatic heterocycles. The normalized spacial score (nSPS) is 20.0. The molecule has 2 aliphatic carbocycles. The summed E-state index contributed by atoms with van der Waals surface area (Å²) < 4.78 is 6.47. The number of ether oxygens (including phenoxy) is 1. The number of nitrogens with one attached hydrogen (secondary N) is 1. The first-order valence-electron chi connectivity index (χ1n) is 21.6. The minimum absolute atomic E-state index is 0.0876. The maximum atomic E-state index is 15.0. The molecule has 0 bridgehead atoms. The van der Waals surface area contributed by atoms with E-state index in [0.717, 1.165) is 56.1 Å². The van der Waals surface area contributed by atoms with Gasteiger partial charge in [-0.3, -0.25) is 33.8 Å². The Balaban J connectivity index is 1.25. The van der Waals surface area contributed by atoms with Gasteiger partial charge in [0, 0.05) is 49.9 Å². The number of hydrogen-bond donors (Lipinski definition) is 1. The van der Waals surface area contributed by atoms with Gasteiger partial charge in [0.15, 0.2) is 17.3 Å². The summed E-state index contributed by atoms with van der Waals surface area (Å²) in [5, 5.41) is 2.96. The van der Waals surface area contributed by atoms with Gasteiger partial charge < -0.3 is 15.0 Å². The standard InChI is InChI=1S/C48H60N4O7/c1-5-12-35(45(56)43(55)25-31-17-18-31)26-41(53)40-27-37(59-36-21-19-33(20-22-36)32-13-8-6-9-14-32)30-52(40)47(58)38(48(2,3)4)28-42(54)44(34-15-10-7-11-16-34)51-46(57)39-29-49-23-24-50-39/h6,8-9,13-14,19-24,29,31,34-35,37-38,40,44H,5,7,10-12,15-18,25-28,30H2,1-4H3,(H,51,57)/t35-,37-,38-,40+,44+/m1/s1. The number of amides is 2. The summed E-state index contributed by atoms with van der Waals surface area (Å²) in [6, 6.07) is 16.0. The third-order valence-electron chi connectivity index (χ3n) is 12.4. The van der Waals surface area contributed by atoms with Crippen molar-refractivity contribution in [2.45, 2.75) is 129 Å². The molecule has 2 heterocycles. The summed E-state index contributed by atoms with van der Waals surface area (Å²) in [6.45, 7) is 7.77. The minimum Gasteiger partial charge on any atom is -0.488 e. The Morgan fingerprint density at radius 3 is 2.19 bits per heavy atom. The van der Waals surface area contributed by atoms with Crippen molar-refractivity contribution in [1.29, 1.82) is 0 Å². The number of benzene rings is 2. The number of aromatic nitrogens is 2. The molecule has 2 saturated carbocycles. The highest BCUT2D eigenvalue weighted by atomic mass is 16.5. The van der Waals surface area contributed by atoms with Crippen molar-refractivity contribution in [3.8, 4) is 16.9 Å². The van der Waals surface area contributed by atoms with Gasteiger partial charge in [-0.1, -0.05) is 95.8 Å². The Hall–Kier alpha value is -5.06. The van der Waals surface area contributed by atoms with E-state index in [1.807, 2.05) is 82.3 Å². The van der Waals surface area contributed by atoms with Crippen molar-refractivity contribution in [3.05, 3.63) is 78.9 Å². The van der Waals surface area contributed by atoms with E-state index < -0.39 is 52.9 Å². The van der Waals surface area contributed by atoms with Gasteiger partial charge in [0.25, 0.3) is 5.91 Å². The Morgan fingerprint density at radius 1 is 0.864 bits per heavy atom. The van der Waals surface area contributed by atoms with Gasteiger partial charge in [-0.15, -0.1) is 0 Å². The molecule has 1 aromatic heterocycles. The molecular formula is C48H60N4O7. The predicted molar refractivity (Wildman–Crippen MR) is 224 cm³/mol. The van der Waals surface area contributed by atoms with Crippen molar-refractivity contribution in [1.82, 2.24) is 20.2 Å². The zero-order chi connectivity index (χ0) is 42.1. The molecule has 2 aromatic carbocycles. The maximum absolute atomic E-state index is 15.0. The third-order valence-corrected chi connectivity index (χ3v) is 12.4. The van der Waals surface area contributed by atoms with E-state index in [1.54, 1.807) is 4.90 Å². The van der Waals surface area contributed by atoms with Gasteiger partial charge >= 0.3 is 0 Å². The molecule has 3 aromatic rings. The largest absolute Gasteiger partial charge is 0.488 e. The van der Waals surface area contributed by atoms with Crippen LogP contribution in [-0.4, -0.2) is 74.5 Å². The minimum atomic E-state index is -0.910. The van der Waals surface area contributed by atoms with Crippen molar-refractivity contribution < 1.29 is 33.5 Å². The second-order valence-corrected chi connectivity index (χ2v) is 18.0. The molecule has 314 valence electrons. The SMILES string of the molecule is CCC[C@H](CC(=O)[C@@H]1C[C@@H](Oc2ccc(-c3ccccc3)cc2)CN1C(=O)[C@@H](CC(=O)[C@@H](NC(=O)c1cnccn1)C1CCCCC1)C(C)(C)C)C(=O)C(=O)CC1CC1. The molecule has 11 nitrogen and oxygen atoms in total. The van der Waals surface area contributed by atoms with E-state index in [4.69, 9.17) is 4.74 Å². The van der Waals surface area contributed by atoms with Gasteiger partial charge in [0.1, 0.15) is 17.5 Å². The molecule has 2 amide bonds. The van der Waals surface area contributed by atoms with Crippen LogP contribution in [0.1, 0.15) is 122 Å². The lowest BCUT2D eigenvalue weighted by Crippen LogP contribution is -2.51. The summed E-state index contributed by atoms with van der Waals surface area (Å²) >= 11 is 0. The second-order valence-electron chi connectivity index (χ2n) is 18.0. The van der Waals surface area contributed by atoms with Crippen LogP contribution in [0.25, 0.3) is 11.1 Å². The molecule has 1 N–H and O–H groups in total. The topological polar surface area (TPSA) is 153 Å². The molecule has 3 fully saturated rings. The van der Waals surface area contributed by atoms with E-state index >= 15 is 4.79 Å². The second kappa shape index (κ2) is 19.8. The van der Waals surface area contributed by atoms with Gasteiger partial charge in [0.05, 0.1) is 24.8 Å². The highest BCUT2D eigenvalue weighted by molar-refractivity contribution is 6.38. The number of hydrogen-bond acceptors (Lipinski definition) is 9. The van der Waals surface area contributed by atoms with Crippen LogP contribution in [0, 0.1) is 29.1 Å². The fourth-order valence-corrected chi connectivity index (χ4v) is 8.80. The van der Waals surface area contributed by atoms with Crippen LogP contribution in [0.2, 0.25) is 0 Å². The zero-order valence-electron chi connectivity index (χ0n) is 35.1. The summed E-state index contributed by atoms with van der Waals surface area (Å²) in [6.07, 6.45) is 11.3. The number of carbonyl (C=O) groups is 6. The van der Waals surface area contributed by atoms with Crippen LogP contribution in [0.5, 0.6) is 5.75 Å². The van der Waals surface area contributed by atoms with E-state index in [0.29, 0.717) is 18.6 Å². The van der Waals surface area contributed by atoms with Crippen LogP contribution >= 0.6 is 0 Å². The first-order valence-corrected chi connectivity index (χ1v) is 21.6. The van der Waals surface area contributed by atoms with Gasteiger partial charge in [-0.25, -0.2) is 4.98 Å². The Bertz CT molecular complexity index is 1930. The zero-order valence-corrected chi connectivity index (χ0v) is 35.1. The molecule has 0 radical (unpaired) electrons. The molecule has 3 aliphatic rings. The lowest BCUT2D eigenvalue weighted by atomic mass is 9.74. The van der Waals surface area contributed by atoms with Gasteiger partial charge in [-0.05, 0) is 72.6 Å². The number of ketones is 4. The number of nitrogens with zero attached hydrogens (tertiary/aromatic N) is 3. The van der Waals surface area contributed by atoms with Crippen molar-refractivity contribution in [3.63, 3.8) is 0 Å². The molecule has 5 atom stereocenters. The number of carbonyl (C=O) groups excluding carboxylic acids is 6. The fraction of sp³-hybridized carbons (Fsp3) is 0.542. The molecule has 1 saturated heterocycles. The first kappa shape index (κ1) is 43.5. The monoisotopic (exact) mass is 804 g/mol. The van der Waals surface area contributed by atoms with E-state index in [9.17, 15) is 24.0 Å². The number of likely N-dealkylation sites (tertiary alicyclic amines) is 1. The number of rotatable bonds is 19. The predicted octanol–water partition coefficient (Wildman–Crippen LogP) is 7.81. The lowest BCUT2D eigenvalue weighted by Gasteiger charge is -2.36. The highest BCUT2D eigenvalue weighted by Gasteiger charge is 2.47. The molecule has 6 rings (SSSR count). The Morgan fingerprint density at radius 2 is 1.56 bits per heavy atom. The molecular weight excluding hydrogens is 745 g/mol. The first-order chi connectivity index (χ1) is 28.3. The maximum Gasteiger partial charge on any atom is 0.272 e. The Labute approximate surface area is 348 Å². The highest BCUT2D eigenvalue weighted by Crippen LogP contribution is 2.38.